The highest BCUT2D eigenvalue weighted by Gasteiger charge is 2.29. The molecule has 0 aliphatic heterocycles. The first-order chi connectivity index (χ1) is 14.8. The number of hydroxylamine groups is 1. The summed E-state index contributed by atoms with van der Waals surface area (Å²) in [5.74, 6) is -1.10. The molecule has 0 saturated carbocycles. The molecule has 0 heterocycles. The van der Waals surface area contributed by atoms with Crippen molar-refractivity contribution in [1.29, 1.82) is 5.41 Å². The van der Waals surface area contributed by atoms with Crippen LogP contribution < -0.4 is 10.5 Å². The van der Waals surface area contributed by atoms with Crippen LogP contribution in [-0.4, -0.2) is 52.5 Å². The third kappa shape index (κ3) is 6.97. The van der Waals surface area contributed by atoms with Gasteiger partial charge in [-0.15, -0.1) is 5.17 Å². The molecule has 0 fully saturated rings. The molecule has 0 radical (unpaired) electrons. The lowest BCUT2D eigenvalue weighted by Crippen LogP contribution is -2.29. The summed E-state index contributed by atoms with van der Waals surface area (Å²) in [4.78, 5) is 20.2. The second kappa shape index (κ2) is 10.8. The van der Waals surface area contributed by atoms with Gasteiger partial charge in [-0.3, -0.25) is 35.4 Å². The van der Waals surface area contributed by atoms with Gasteiger partial charge in [0.05, 0.1) is 28.1 Å². The smallest absolute Gasteiger partial charge is 0.326 e. The molecule has 2 rings (SSSR count). The number of benzene rings is 2. The SMILES string of the molecule is COc1ccc([N+](=O)[O-])c(C=NN(O)C(=N)N)c1[N+](=O)[O-].Cc1ccc(S(=O)(=O)O)cc1. The van der Waals surface area contributed by atoms with Crippen molar-refractivity contribution < 1.29 is 32.8 Å². The fraction of sp³-hybridized carbons (Fsp3) is 0.125. The summed E-state index contributed by atoms with van der Waals surface area (Å²) in [6.45, 7) is 1.84. The van der Waals surface area contributed by atoms with Crippen LogP contribution >= 0.6 is 0 Å². The number of nitrogens with one attached hydrogen (secondary N) is 1. The first kappa shape index (κ1) is 25.9. The topological polar surface area (TPSA) is 236 Å². The van der Waals surface area contributed by atoms with E-state index >= 15 is 0 Å². The van der Waals surface area contributed by atoms with Gasteiger partial charge in [-0.2, -0.15) is 13.5 Å². The van der Waals surface area contributed by atoms with E-state index in [2.05, 4.69) is 5.10 Å². The van der Waals surface area contributed by atoms with Gasteiger partial charge in [-0.1, -0.05) is 17.7 Å². The predicted octanol–water partition coefficient (Wildman–Crippen LogP) is 1.67. The van der Waals surface area contributed by atoms with Crippen LogP contribution in [0.3, 0.4) is 0 Å². The molecule has 0 aliphatic rings. The summed E-state index contributed by atoms with van der Waals surface area (Å²) in [7, 11) is -2.86. The van der Waals surface area contributed by atoms with E-state index in [9.17, 15) is 28.6 Å². The Morgan fingerprint density at radius 3 is 2.16 bits per heavy atom. The summed E-state index contributed by atoms with van der Waals surface area (Å²) in [5, 5.41) is 41.0. The van der Waals surface area contributed by atoms with Crippen LogP contribution in [0.5, 0.6) is 5.75 Å². The Morgan fingerprint density at radius 2 is 1.75 bits per heavy atom. The zero-order valence-corrected chi connectivity index (χ0v) is 17.4. The van der Waals surface area contributed by atoms with Gasteiger partial charge in [0.2, 0.25) is 5.96 Å². The van der Waals surface area contributed by atoms with E-state index in [1.54, 1.807) is 12.1 Å². The normalized spacial score (nSPS) is 10.8. The van der Waals surface area contributed by atoms with Crippen molar-refractivity contribution >= 4 is 33.7 Å². The number of nitro benzene ring substituents is 2. The van der Waals surface area contributed by atoms with Crippen LogP contribution in [0.4, 0.5) is 11.4 Å². The molecule has 16 heteroatoms. The Kier molecular flexibility index (Phi) is 8.70. The first-order valence-corrected chi connectivity index (χ1v) is 9.64. The van der Waals surface area contributed by atoms with Gasteiger partial charge < -0.3 is 10.5 Å². The van der Waals surface area contributed by atoms with Crippen LogP contribution in [0.1, 0.15) is 11.1 Å². The molecule has 0 unspecified atom stereocenters. The molecule has 0 aromatic heterocycles. The number of hydrazone groups is 1. The van der Waals surface area contributed by atoms with Gasteiger partial charge in [0.25, 0.3) is 15.8 Å². The molecule has 172 valence electrons. The second-order valence-corrected chi connectivity index (χ2v) is 7.19. The van der Waals surface area contributed by atoms with Crippen molar-refractivity contribution in [3.05, 3.63) is 67.8 Å². The number of ether oxygens (including phenoxy) is 1. The number of aryl methyl sites for hydroxylation is 1. The van der Waals surface area contributed by atoms with E-state index < -0.39 is 42.9 Å². The van der Waals surface area contributed by atoms with Crippen molar-refractivity contribution in [1.82, 2.24) is 5.17 Å². The Bertz CT molecular complexity index is 1150. The minimum Gasteiger partial charge on any atom is -0.490 e. The Balaban J connectivity index is 0.000000389. The molecule has 15 nitrogen and oxygen atoms in total. The van der Waals surface area contributed by atoms with Crippen LogP contribution in [0.2, 0.25) is 0 Å². The van der Waals surface area contributed by atoms with Crippen LogP contribution in [0.15, 0.2) is 46.4 Å². The lowest BCUT2D eigenvalue weighted by Gasteiger charge is -2.07. The highest BCUT2D eigenvalue weighted by Crippen LogP contribution is 2.35. The lowest BCUT2D eigenvalue weighted by atomic mass is 10.1. The third-order valence-electron chi connectivity index (χ3n) is 3.59. The maximum Gasteiger partial charge on any atom is 0.326 e. The summed E-state index contributed by atoms with van der Waals surface area (Å²) < 4.78 is 34.3. The van der Waals surface area contributed by atoms with Gasteiger partial charge in [-0.25, -0.2) is 0 Å². The zero-order chi connectivity index (χ0) is 24.6. The number of nitrogens with two attached hydrogens (primary N) is 1. The lowest BCUT2D eigenvalue weighted by molar-refractivity contribution is -0.394. The number of hydrogen-bond donors (Lipinski definition) is 4. The average Bonchev–Trinajstić information content (AvgIpc) is 2.70. The van der Waals surface area contributed by atoms with Crippen molar-refractivity contribution in [2.24, 2.45) is 10.8 Å². The third-order valence-corrected chi connectivity index (χ3v) is 4.45. The highest BCUT2D eigenvalue weighted by molar-refractivity contribution is 7.85. The van der Waals surface area contributed by atoms with Crippen molar-refractivity contribution in [2.75, 3.05) is 7.11 Å². The quantitative estimate of drug-likeness (QED) is 0.156. The van der Waals surface area contributed by atoms with E-state index in [0.717, 1.165) is 24.8 Å². The molecule has 32 heavy (non-hydrogen) atoms. The monoisotopic (exact) mass is 470 g/mol. The zero-order valence-electron chi connectivity index (χ0n) is 16.6. The molecule has 0 spiro atoms. The Labute approximate surface area is 180 Å². The molecular weight excluding hydrogens is 452 g/mol. The van der Waals surface area contributed by atoms with Crippen LogP contribution in [-0.2, 0) is 10.1 Å². The van der Waals surface area contributed by atoms with Gasteiger partial charge in [0, 0.05) is 6.07 Å². The number of nitrogens with zero attached hydrogens (tertiary/aromatic N) is 4. The van der Waals surface area contributed by atoms with Crippen molar-refractivity contribution in [3.8, 4) is 5.75 Å². The van der Waals surface area contributed by atoms with E-state index in [1.165, 1.54) is 12.1 Å². The Morgan fingerprint density at radius 1 is 1.19 bits per heavy atom. The number of rotatable bonds is 6. The van der Waals surface area contributed by atoms with Crippen LogP contribution in [0, 0.1) is 32.6 Å². The summed E-state index contributed by atoms with van der Waals surface area (Å²) in [6.07, 6.45) is 0.639. The highest BCUT2D eigenvalue weighted by atomic mass is 32.2. The predicted molar refractivity (Wildman–Crippen MR) is 110 cm³/mol. The molecule has 0 atom stereocenters. The second-order valence-electron chi connectivity index (χ2n) is 5.77. The molecule has 0 bridgehead atoms. The van der Waals surface area contributed by atoms with E-state index in [1.807, 2.05) is 6.92 Å². The molecule has 0 saturated heterocycles. The van der Waals surface area contributed by atoms with Crippen LogP contribution in [0.25, 0.3) is 0 Å². The largest absolute Gasteiger partial charge is 0.490 e. The molecule has 2 aromatic rings. The number of nitro groups is 2. The van der Waals surface area contributed by atoms with E-state index in [0.29, 0.717) is 6.21 Å². The summed E-state index contributed by atoms with van der Waals surface area (Å²) in [5.41, 5.74) is 4.03. The fourth-order valence-electron chi connectivity index (χ4n) is 2.10. The first-order valence-electron chi connectivity index (χ1n) is 8.20. The van der Waals surface area contributed by atoms with Crippen molar-refractivity contribution in [3.63, 3.8) is 0 Å². The molecular formula is C16H18N6O9S. The standard InChI is InChI=1S/C9H10N6O6.C7H8O3S/c1-21-7-3-2-6(14(17)18)5(8(7)15(19)20)4-12-13(16)9(10)11;1-6-2-4-7(5-3-6)11(8,9)10/h2-4,16H,1H3,(H3,10,11);2-5H,1H3,(H,8,9,10). The number of hydrogen-bond acceptors (Lipinski definition) is 10. The molecule has 0 aliphatic carbocycles. The maximum atomic E-state index is 11.1. The summed E-state index contributed by atoms with van der Waals surface area (Å²) >= 11 is 0. The van der Waals surface area contributed by atoms with Gasteiger partial charge in [0.15, 0.2) is 11.3 Å². The van der Waals surface area contributed by atoms with Gasteiger partial charge in [0.1, 0.15) is 0 Å². The molecule has 2 aromatic carbocycles. The number of guanidine groups is 1. The average molecular weight is 470 g/mol. The molecule has 0 amide bonds. The maximum absolute atomic E-state index is 11.1. The fourth-order valence-corrected chi connectivity index (χ4v) is 2.58. The van der Waals surface area contributed by atoms with Gasteiger partial charge >= 0.3 is 5.69 Å². The van der Waals surface area contributed by atoms with Gasteiger partial charge in [-0.05, 0) is 25.1 Å². The summed E-state index contributed by atoms with van der Waals surface area (Å²) in [6, 6.07) is 8.04. The number of methoxy groups -OCH3 is 1. The van der Waals surface area contributed by atoms with E-state index in [4.69, 9.17) is 25.6 Å². The van der Waals surface area contributed by atoms with E-state index in [-0.39, 0.29) is 15.8 Å². The Hall–Kier alpha value is -4.15. The van der Waals surface area contributed by atoms with Crippen molar-refractivity contribution in [2.45, 2.75) is 11.8 Å². The molecule has 5 N–H and O–H groups in total. The minimum absolute atomic E-state index is 0.0666. The minimum atomic E-state index is -4.02.